The third-order valence-corrected chi connectivity index (χ3v) is 2.91. The minimum absolute atomic E-state index is 0.746. The highest BCUT2D eigenvalue weighted by atomic mass is 79.9. The van der Waals surface area contributed by atoms with Crippen molar-refractivity contribution in [1.29, 1.82) is 0 Å². The molecule has 0 bridgehead atoms. The zero-order valence-electron chi connectivity index (χ0n) is 8.18. The van der Waals surface area contributed by atoms with E-state index >= 15 is 0 Å². The van der Waals surface area contributed by atoms with Gasteiger partial charge in [-0.25, -0.2) is 4.98 Å². The Bertz CT molecular complexity index is 614. The Kier molecular flexibility index (Phi) is 2.18. The van der Waals surface area contributed by atoms with Gasteiger partial charge < -0.3 is 4.98 Å². The van der Waals surface area contributed by atoms with Crippen molar-refractivity contribution >= 4 is 27.0 Å². The molecule has 3 heterocycles. The van der Waals surface area contributed by atoms with Crippen molar-refractivity contribution in [3.8, 4) is 11.5 Å². The zero-order chi connectivity index (χ0) is 11.0. The lowest BCUT2D eigenvalue weighted by Gasteiger charge is -1.97. The summed E-state index contributed by atoms with van der Waals surface area (Å²) in [4.78, 5) is 16.0. The predicted molar refractivity (Wildman–Crippen MR) is 64.8 cm³/mol. The molecule has 0 saturated carbocycles. The quantitative estimate of drug-likeness (QED) is 0.743. The van der Waals surface area contributed by atoms with Crippen LogP contribution >= 0.6 is 15.9 Å². The first-order valence-corrected chi connectivity index (χ1v) is 5.54. The highest BCUT2D eigenvalue weighted by Gasteiger charge is 2.08. The Morgan fingerprint density at radius 3 is 2.94 bits per heavy atom. The van der Waals surface area contributed by atoms with Crippen LogP contribution in [0.5, 0.6) is 0 Å². The van der Waals surface area contributed by atoms with Gasteiger partial charge in [-0.15, -0.1) is 0 Å². The number of nitrogens with zero attached hydrogens (tertiary/aromatic N) is 3. The summed E-state index contributed by atoms with van der Waals surface area (Å²) in [6, 6.07) is 5.68. The smallest absolute Gasteiger partial charge is 0.158 e. The van der Waals surface area contributed by atoms with Gasteiger partial charge in [0.05, 0.1) is 17.2 Å². The Labute approximate surface area is 99.9 Å². The van der Waals surface area contributed by atoms with E-state index in [1.165, 1.54) is 0 Å². The lowest BCUT2D eigenvalue weighted by Crippen LogP contribution is -1.85. The van der Waals surface area contributed by atoms with Gasteiger partial charge in [-0.05, 0) is 34.1 Å². The Balaban J connectivity index is 2.23. The van der Waals surface area contributed by atoms with Crippen LogP contribution in [-0.2, 0) is 0 Å². The summed E-state index contributed by atoms with van der Waals surface area (Å²) in [6.45, 7) is 0. The van der Waals surface area contributed by atoms with E-state index in [-0.39, 0.29) is 0 Å². The van der Waals surface area contributed by atoms with Gasteiger partial charge in [-0.3, -0.25) is 9.97 Å². The second-order valence-corrected chi connectivity index (χ2v) is 4.17. The molecule has 0 atom stereocenters. The summed E-state index contributed by atoms with van der Waals surface area (Å²) in [6.07, 6.45) is 5.22. The number of H-pyrrole nitrogens is 1. The van der Waals surface area contributed by atoms with Gasteiger partial charge in [-0.2, -0.15) is 0 Å². The second kappa shape index (κ2) is 3.68. The van der Waals surface area contributed by atoms with E-state index in [9.17, 15) is 0 Å². The van der Waals surface area contributed by atoms with Crippen LogP contribution in [0.25, 0.3) is 22.6 Å². The van der Waals surface area contributed by atoms with Gasteiger partial charge in [-0.1, -0.05) is 0 Å². The molecular weight excluding hydrogens is 268 g/mol. The zero-order valence-corrected chi connectivity index (χ0v) is 9.77. The average molecular weight is 275 g/mol. The summed E-state index contributed by atoms with van der Waals surface area (Å²) in [5.41, 5.74) is 2.61. The molecule has 0 spiro atoms. The summed E-state index contributed by atoms with van der Waals surface area (Å²) in [5, 5.41) is 0. The van der Waals surface area contributed by atoms with Crippen molar-refractivity contribution in [3.63, 3.8) is 0 Å². The maximum Gasteiger partial charge on any atom is 0.158 e. The van der Waals surface area contributed by atoms with Crippen LogP contribution in [0, 0.1) is 0 Å². The van der Waals surface area contributed by atoms with Crippen LogP contribution < -0.4 is 0 Å². The monoisotopic (exact) mass is 274 g/mol. The second-order valence-electron chi connectivity index (χ2n) is 3.31. The van der Waals surface area contributed by atoms with Gasteiger partial charge in [0, 0.05) is 16.9 Å². The predicted octanol–water partition coefficient (Wildman–Crippen LogP) is 2.78. The standard InChI is InChI=1S/C11H7BrN4/c12-7-2-1-4-14-10(7)11-15-8-3-5-13-6-9(8)16-11/h1-6H,(H,15,16). The van der Waals surface area contributed by atoms with Crippen molar-refractivity contribution in [1.82, 2.24) is 19.9 Å². The first-order chi connectivity index (χ1) is 7.84. The van der Waals surface area contributed by atoms with Gasteiger partial charge in [0.15, 0.2) is 5.82 Å². The van der Waals surface area contributed by atoms with Crippen LogP contribution in [0.15, 0.2) is 41.3 Å². The molecule has 16 heavy (non-hydrogen) atoms. The van der Waals surface area contributed by atoms with Crippen LogP contribution in [-0.4, -0.2) is 19.9 Å². The summed E-state index contributed by atoms with van der Waals surface area (Å²) in [7, 11) is 0. The molecular formula is C11H7BrN4. The molecule has 0 amide bonds. The number of imidazole rings is 1. The minimum atomic E-state index is 0.746. The third-order valence-electron chi connectivity index (χ3n) is 2.27. The molecule has 4 nitrogen and oxygen atoms in total. The molecule has 3 rings (SSSR count). The lowest BCUT2D eigenvalue weighted by atomic mass is 10.3. The van der Waals surface area contributed by atoms with Gasteiger partial charge >= 0.3 is 0 Å². The van der Waals surface area contributed by atoms with Crippen molar-refractivity contribution in [2.45, 2.75) is 0 Å². The summed E-state index contributed by atoms with van der Waals surface area (Å²) >= 11 is 3.45. The van der Waals surface area contributed by atoms with Crippen molar-refractivity contribution < 1.29 is 0 Å². The fraction of sp³-hybridized carbons (Fsp3) is 0. The van der Waals surface area contributed by atoms with E-state index in [1.54, 1.807) is 18.6 Å². The van der Waals surface area contributed by atoms with E-state index < -0.39 is 0 Å². The number of aromatic amines is 1. The Morgan fingerprint density at radius 1 is 1.19 bits per heavy atom. The molecule has 0 radical (unpaired) electrons. The molecule has 3 aromatic heterocycles. The number of pyridine rings is 2. The molecule has 0 saturated heterocycles. The fourth-order valence-electron chi connectivity index (χ4n) is 1.53. The summed E-state index contributed by atoms with van der Waals surface area (Å²) in [5.74, 6) is 0.746. The topological polar surface area (TPSA) is 54.5 Å². The maximum absolute atomic E-state index is 4.46. The molecule has 3 aromatic rings. The molecule has 0 unspecified atom stereocenters. The van der Waals surface area contributed by atoms with E-state index in [0.717, 1.165) is 27.0 Å². The third kappa shape index (κ3) is 1.49. The molecule has 5 heteroatoms. The molecule has 0 aliphatic carbocycles. The van der Waals surface area contributed by atoms with Gasteiger partial charge in [0.2, 0.25) is 0 Å². The SMILES string of the molecule is Brc1cccnc1-c1nc2ccncc2[nH]1. The van der Waals surface area contributed by atoms with Crippen LogP contribution in [0.4, 0.5) is 0 Å². The lowest BCUT2D eigenvalue weighted by molar-refractivity contribution is 1.22. The Morgan fingerprint density at radius 2 is 2.12 bits per heavy atom. The average Bonchev–Trinajstić information content (AvgIpc) is 2.73. The van der Waals surface area contributed by atoms with Crippen molar-refractivity contribution in [2.75, 3.05) is 0 Å². The van der Waals surface area contributed by atoms with E-state index in [1.807, 2.05) is 18.2 Å². The number of rotatable bonds is 1. The normalized spacial score (nSPS) is 10.8. The number of hydrogen-bond acceptors (Lipinski definition) is 3. The first-order valence-electron chi connectivity index (χ1n) is 4.75. The minimum Gasteiger partial charge on any atom is -0.335 e. The highest BCUT2D eigenvalue weighted by Crippen LogP contribution is 2.24. The van der Waals surface area contributed by atoms with E-state index in [0.29, 0.717) is 0 Å². The molecule has 0 aliphatic rings. The van der Waals surface area contributed by atoms with Crippen LogP contribution in [0.3, 0.4) is 0 Å². The maximum atomic E-state index is 4.46. The van der Waals surface area contributed by atoms with Gasteiger partial charge in [0.25, 0.3) is 0 Å². The van der Waals surface area contributed by atoms with E-state index in [4.69, 9.17) is 0 Å². The number of halogens is 1. The molecule has 1 N–H and O–H groups in total. The van der Waals surface area contributed by atoms with Crippen molar-refractivity contribution in [3.05, 3.63) is 41.3 Å². The molecule has 0 aliphatic heterocycles. The van der Waals surface area contributed by atoms with Crippen LogP contribution in [0.2, 0.25) is 0 Å². The molecule has 0 fully saturated rings. The number of fused-ring (bicyclic) bond motifs is 1. The number of hydrogen-bond donors (Lipinski definition) is 1. The van der Waals surface area contributed by atoms with Gasteiger partial charge in [0.1, 0.15) is 5.69 Å². The molecule has 78 valence electrons. The fourth-order valence-corrected chi connectivity index (χ4v) is 1.97. The first kappa shape index (κ1) is 9.47. The van der Waals surface area contributed by atoms with Crippen LogP contribution in [0.1, 0.15) is 0 Å². The number of aromatic nitrogens is 4. The molecule has 0 aromatic carbocycles. The van der Waals surface area contributed by atoms with E-state index in [2.05, 4.69) is 35.9 Å². The Hall–Kier alpha value is -1.75. The largest absolute Gasteiger partial charge is 0.335 e. The highest BCUT2D eigenvalue weighted by molar-refractivity contribution is 9.10. The summed E-state index contributed by atoms with van der Waals surface area (Å²) < 4.78 is 0.919. The number of nitrogens with one attached hydrogen (secondary N) is 1. The van der Waals surface area contributed by atoms with Crippen molar-refractivity contribution in [2.24, 2.45) is 0 Å².